The van der Waals surface area contributed by atoms with Crippen LogP contribution in [0.4, 0.5) is 11.4 Å². The number of Topliss-reactive ketones (excluding diaryl/α,β-unsaturated/α-hetero) is 2. The minimum absolute atomic E-state index is 0.0890. The second-order valence-corrected chi connectivity index (χ2v) is 8.94. The minimum atomic E-state index is -1.42. The maximum atomic E-state index is 12.8. The molecule has 2 aromatic carbocycles. The fourth-order valence-electron chi connectivity index (χ4n) is 4.36. The predicted molar refractivity (Wildman–Crippen MR) is 121 cm³/mol. The third kappa shape index (κ3) is 4.75. The second kappa shape index (κ2) is 8.72. The van der Waals surface area contributed by atoms with Crippen LogP contribution in [0.15, 0.2) is 64.3 Å². The number of halogens is 1. The van der Waals surface area contributed by atoms with Gasteiger partial charge in [0, 0.05) is 45.9 Å². The SMILES string of the molecule is CC(=O)C1=C(Nc2ccc(Br)cc2)C[C@@](C)(O)[C@H](C(C)=O)[C@H]1c1ccc([N+](=O)[O-])cc1. The van der Waals surface area contributed by atoms with Crippen molar-refractivity contribution in [2.75, 3.05) is 5.32 Å². The average Bonchev–Trinajstić information content (AvgIpc) is 2.68. The minimum Gasteiger partial charge on any atom is -0.389 e. The lowest BCUT2D eigenvalue weighted by atomic mass is 9.64. The van der Waals surface area contributed by atoms with Crippen molar-refractivity contribution in [3.8, 4) is 0 Å². The number of rotatable bonds is 6. The van der Waals surface area contributed by atoms with Crippen molar-refractivity contribution in [2.45, 2.75) is 38.7 Å². The molecule has 0 saturated heterocycles. The van der Waals surface area contributed by atoms with Crippen LogP contribution in [0.2, 0.25) is 0 Å². The lowest BCUT2D eigenvalue weighted by molar-refractivity contribution is -0.384. The van der Waals surface area contributed by atoms with Crippen LogP contribution < -0.4 is 5.32 Å². The fourth-order valence-corrected chi connectivity index (χ4v) is 4.63. The lowest BCUT2D eigenvalue weighted by Crippen LogP contribution is -2.48. The number of anilines is 1. The van der Waals surface area contributed by atoms with Crippen LogP contribution in [0.1, 0.15) is 38.7 Å². The van der Waals surface area contributed by atoms with E-state index in [1.165, 1.54) is 26.0 Å². The number of nitrogens with zero attached hydrogens (tertiary/aromatic N) is 1. The smallest absolute Gasteiger partial charge is 0.269 e. The summed E-state index contributed by atoms with van der Waals surface area (Å²) in [6.07, 6.45) is 0.0890. The molecule has 0 amide bonds. The highest BCUT2D eigenvalue weighted by Gasteiger charge is 2.49. The van der Waals surface area contributed by atoms with Gasteiger partial charge in [0.2, 0.25) is 0 Å². The van der Waals surface area contributed by atoms with Gasteiger partial charge in [-0.25, -0.2) is 0 Å². The quantitative estimate of drug-likeness (QED) is 0.450. The summed E-state index contributed by atoms with van der Waals surface area (Å²) < 4.78 is 0.898. The molecule has 1 aliphatic rings. The molecule has 8 heteroatoms. The maximum absolute atomic E-state index is 12.8. The van der Waals surface area contributed by atoms with Gasteiger partial charge in [0.15, 0.2) is 5.78 Å². The standard InChI is InChI=1S/C23H23BrN2O5/c1-13(27)20-19(25-17-8-6-16(24)7-9-17)12-23(3,29)22(14(2)28)21(20)15-4-10-18(11-5-15)26(30)31/h4-11,21-22,25,29H,12H2,1-3H3/t21-,22+,23+/m0/s1. The molecule has 1 aliphatic carbocycles. The topological polar surface area (TPSA) is 110 Å². The van der Waals surface area contributed by atoms with Crippen LogP contribution >= 0.6 is 15.9 Å². The Morgan fingerprint density at radius 2 is 1.71 bits per heavy atom. The van der Waals surface area contributed by atoms with Crippen LogP contribution in [0.5, 0.6) is 0 Å². The van der Waals surface area contributed by atoms with Crippen molar-refractivity contribution in [1.29, 1.82) is 0 Å². The molecular formula is C23H23BrN2O5. The van der Waals surface area contributed by atoms with Crippen molar-refractivity contribution in [1.82, 2.24) is 0 Å². The molecule has 31 heavy (non-hydrogen) atoms. The number of nitro benzene ring substituents is 1. The Morgan fingerprint density at radius 1 is 1.13 bits per heavy atom. The van der Waals surface area contributed by atoms with E-state index in [0.29, 0.717) is 16.8 Å². The maximum Gasteiger partial charge on any atom is 0.269 e. The monoisotopic (exact) mass is 486 g/mol. The van der Waals surface area contributed by atoms with Crippen molar-refractivity contribution < 1.29 is 19.6 Å². The molecule has 2 N–H and O–H groups in total. The van der Waals surface area contributed by atoms with E-state index in [0.717, 1.165) is 10.2 Å². The second-order valence-electron chi connectivity index (χ2n) is 8.03. The molecule has 3 rings (SSSR count). The summed E-state index contributed by atoms with van der Waals surface area (Å²) in [5.74, 6) is -2.10. The molecule has 0 saturated carbocycles. The molecule has 0 fully saturated rings. The molecule has 0 aromatic heterocycles. The van der Waals surface area contributed by atoms with Crippen LogP contribution in [0.25, 0.3) is 0 Å². The Labute approximate surface area is 188 Å². The number of hydrogen-bond donors (Lipinski definition) is 2. The Morgan fingerprint density at radius 3 is 2.19 bits per heavy atom. The number of nitrogens with one attached hydrogen (secondary N) is 1. The molecule has 3 atom stereocenters. The van der Waals surface area contributed by atoms with Crippen LogP contribution in [-0.4, -0.2) is 27.2 Å². The Hall–Kier alpha value is -2.84. The molecule has 2 aromatic rings. The fraction of sp³-hybridized carbons (Fsp3) is 0.304. The van der Waals surface area contributed by atoms with Gasteiger partial charge in [0.05, 0.1) is 16.4 Å². The lowest BCUT2D eigenvalue weighted by Gasteiger charge is -2.43. The molecule has 162 valence electrons. The molecule has 0 heterocycles. The third-order valence-electron chi connectivity index (χ3n) is 5.59. The van der Waals surface area contributed by atoms with Gasteiger partial charge in [-0.2, -0.15) is 0 Å². The van der Waals surface area contributed by atoms with Gasteiger partial charge in [-0.1, -0.05) is 28.1 Å². The van der Waals surface area contributed by atoms with Gasteiger partial charge < -0.3 is 10.4 Å². The van der Waals surface area contributed by atoms with Gasteiger partial charge in [-0.05, 0) is 50.6 Å². The summed E-state index contributed by atoms with van der Waals surface area (Å²) in [4.78, 5) is 35.9. The molecular weight excluding hydrogens is 464 g/mol. The first kappa shape index (κ1) is 22.8. The highest BCUT2D eigenvalue weighted by atomic mass is 79.9. The number of carbonyl (C=O) groups excluding carboxylic acids is 2. The van der Waals surface area contributed by atoms with Gasteiger partial charge >= 0.3 is 0 Å². The van der Waals surface area contributed by atoms with Gasteiger partial charge in [-0.15, -0.1) is 0 Å². The van der Waals surface area contributed by atoms with E-state index in [2.05, 4.69) is 21.2 Å². The zero-order valence-corrected chi connectivity index (χ0v) is 19.0. The van der Waals surface area contributed by atoms with E-state index in [1.54, 1.807) is 19.1 Å². The van der Waals surface area contributed by atoms with Crippen molar-refractivity contribution in [2.24, 2.45) is 5.92 Å². The Bertz CT molecular complexity index is 1060. The van der Waals surface area contributed by atoms with Crippen LogP contribution in [0.3, 0.4) is 0 Å². The molecule has 0 unspecified atom stereocenters. The van der Waals surface area contributed by atoms with Gasteiger partial charge in [-0.3, -0.25) is 19.7 Å². The number of allylic oxidation sites excluding steroid dienone is 1. The molecule has 0 spiro atoms. The number of non-ortho nitro benzene ring substituents is 1. The first-order valence-electron chi connectivity index (χ1n) is 9.75. The first-order valence-corrected chi connectivity index (χ1v) is 10.5. The van der Waals surface area contributed by atoms with Crippen molar-refractivity contribution >= 4 is 38.9 Å². The van der Waals surface area contributed by atoms with Crippen LogP contribution in [-0.2, 0) is 9.59 Å². The molecule has 0 radical (unpaired) electrons. The number of nitro groups is 1. The summed E-state index contributed by atoms with van der Waals surface area (Å²) in [5.41, 5.74) is 0.702. The van der Waals surface area contributed by atoms with Gasteiger partial charge in [0.1, 0.15) is 5.78 Å². The zero-order chi connectivity index (χ0) is 22.9. The predicted octanol–water partition coefficient (Wildman–Crippen LogP) is 4.76. The zero-order valence-electron chi connectivity index (χ0n) is 17.4. The Balaban J connectivity index is 2.19. The summed E-state index contributed by atoms with van der Waals surface area (Å²) >= 11 is 3.38. The number of benzene rings is 2. The average molecular weight is 487 g/mol. The summed E-state index contributed by atoms with van der Waals surface area (Å²) in [5, 5.41) is 25.5. The van der Waals surface area contributed by atoms with Crippen molar-refractivity contribution in [3.05, 3.63) is 80.0 Å². The molecule has 0 aliphatic heterocycles. The van der Waals surface area contributed by atoms with Gasteiger partial charge in [0.25, 0.3) is 5.69 Å². The normalized spacial score (nSPS) is 23.4. The number of carbonyl (C=O) groups is 2. The highest BCUT2D eigenvalue weighted by Crippen LogP contribution is 2.48. The van der Waals surface area contributed by atoms with E-state index in [4.69, 9.17) is 0 Å². The number of ketones is 2. The molecule has 0 bridgehead atoms. The van der Waals surface area contributed by atoms with Crippen LogP contribution in [0, 0.1) is 16.0 Å². The van der Waals surface area contributed by atoms with E-state index in [9.17, 15) is 24.8 Å². The highest BCUT2D eigenvalue weighted by molar-refractivity contribution is 9.10. The van der Waals surface area contributed by atoms with E-state index < -0.39 is 22.4 Å². The van der Waals surface area contributed by atoms with E-state index in [-0.39, 0.29) is 23.7 Å². The Kier molecular flexibility index (Phi) is 6.43. The van der Waals surface area contributed by atoms with E-state index >= 15 is 0 Å². The summed E-state index contributed by atoms with van der Waals surface area (Å²) in [7, 11) is 0. The molecule has 7 nitrogen and oxygen atoms in total. The number of hydrogen-bond acceptors (Lipinski definition) is 6. The third-order valence-corrected chi connectivity index (χ3v) is 6.12. The summed E-state index contributed by atoms with van der Waals surface area (Å²) in [6, 6.07) is 13.1. The van der Waals surface area contributed by atoms with E-state index in [1.807, 2.05) is 24.3 Å². The first-order chi connectivity index (χ1) is 14.5. The number of aliphatic hydroxyl groups is 1. The van der Waals surface area contributed by atoms with Crippen molar-refractivity contribution in [3.63, 3.8) is 0 Å². The summed E-state index contributed by atoms with van der Waals surface area (Å²) in [6.45, 7) is 4.40. The largest absolute Gasteiger partial charge is 0.389 e.